The summed E-state index contributed by atoms with van der Waals surface area (Å²) in [5.41, 5.74) is 2.80. The van der Waals surface area contributed by atoms with Gasteiger partial charge in [0.1, 0.15) is 5.82 Å². The Labute approximate surface area is 199 Å². The number of ether oxygens (including phenoxy) is 1. The Morgan fingerprint density at radius 2 is 2.03 bits per heavy atom. The molecule has 3 heterocycles. The number of carbonyl (C=O) groups is 2. The van der Waals surface area contributed by atoms with E-state index in [2.05, 4.69) is 21.7 Å². The molecule has 176 valence electrons. The number of amides is 2. The molecule has 2 N–H and O–H groups in total. The van der Waals surface area contributed by atoms with Crippen LogP contribution in [0.15, 0.2) is 36.5 Å². The van der Waals surface area contributed by atoms with E-state index in [1.54, 1.807) is 18.0 Å². The lowest BCUT2D eigenvalue weighted by Gasteiger charge is -2.31. The first-order valence-corrected chi connectivity index (χ1v) is 12.0. The minimum absolute atomic E-state index is 0.00437. The van der Waals surface area contributed by atoms with Crippen molar-refractivity contribution in [1.82, 2.24) is 9.88 Å². The van der Waals surface area contributed by atoms with Crippen molar-refractivity contribution in [3.8, 4) is 11.1 Å². The molecular formula is C25H31ClN4O3. The first-order valence-electron chi connectivity index (χ1n) is 11.6. The monoisotopic (exact) mass is 470 g/mol. The van der Waals surface area contributed by atoms with E-state index in [1.165, 1.54) is 0 Å². The van der Waals surface area contributed by atoms with Crippen molar-refractivity contribution in [3.05, 3.63) is 41.6 Å². The zero-order valence-electron chi connectivity index (χ0n) is 19.0. The molecule has 7 nitrogen and oxygen atoms in total. The van der Waals surface area contributed by atoms with Crippen LogP contribution in [-0.2, 0) is 14.3 Å². The number of pyridine rings is 1. The molecule has 1 aromatic heterocycles. The minimum Gasteiger partial charge on any atom is -0.385 e. The van der Waals surface area contributed by atoms with Crippen molar-refractivity contribution < 1.29 is 14.3 Å². The lowest BCUT2D eigenvalue weighted by atomic mass is 9.97. The molecule has 0 bridgehead atoms. The topological polar surface area (TPSA) is 83.6 Å². The summed E-state index contributed by atoms with van der Waals surface area (Å²) in [5, 5.41) is 6.97. The number of nitrogens with zero attached hydrogens (tertiary/aromatic N) is 2. The molecule has 0 spiro atoms. The molecule has 2 fully saturated rings. The molecule has 2 aliphatic heterocycles. The Morgan fingerprint density at radius 1 is 1.21 bits per heavy atom. The first kappa shape index (κ1) is 23.5. The number of aromatic nitrogens is 1. The summed E-state index contributed by atoms with van der Waals surface area (Å²) in [4.78, 5) is 30.5. The van der Waals surface area contributed by atoms with Crippen molar-refractivity contribution in [1.29, 1.82) is 0 Å². The smallest absolute Gasteiger partial charge is 0.230 e. The van der Waals surface area contributed by atoms with Crippen molar-refractivity contribution in [2.24, 2.45) is 11.8 Å². The predicted octanol–water partition coefficient (Wildman–Crippen LogP) is 4.44. The molecule has 0 radical (unpaired) electrons. The Bertz CT molecular complexity index is 993. The van der Waals surface area contributed by atoms with Crippen LogP contribution in [0, 0.1) is 11.8 Å². The number of rotatable bonds is 6. The van der Waals surface area contributed by atoms with E-state index in [0.29, 0.717) is 29.8 Å². The number of carbonyl (C=O) groups excluding carboxylic acids is 2. The molecule has 0 aliphatic carbocycles. The van der Waals surface area contributed by atoms with Gasteiger partial charge < -0.3 is 20.3 Å². The molecule has 1 aromatic carbocycles. The van der Waals surface area contributed by atoms with E-state index in [4.69, 9.17) is 16.3 Å². The molecule has 2 amide bonds. The Hall–Kier alpha value is -2.64. The summed E-state index contributed by atoms with van der Waals surface area (Å²) in [5.74, 6) is 0.729. The van der Waals surface area contributed by atoms with Gasteiger partial charge in [0.15, 0.2) is 0 Å². The average molecular weight is 471 g/mol. The van der Waals surface area contributed by atoms with Crippen LogP contribution in [0.2, 0.25) is 5.02 Å². The molecule has 2 saturated heterocycles. The number of halogens is 1. The van der Waals surface area contributed by atoms with Gasteiger partial charge in [0.25, 0.3) is 0 Å². The van der Waals surface area contributed by atoms with Crippen LogP contribution in [0.3, 0.4) is 0 Å². The molecule has 33 heavy (non-hydrogen) atoms. The van der Waals surface area contributed by atoms with Crippen LogP contribution in [0.1, 0.15) is 32.6 Å². The Morgan fingerprint density at radius 3 is 2.82 bits per heavy atom. The fourth-order valence-electron chi connectivity index (χ4n) is 4.44. The second-order valence-corrected chi connectivity index (χ2v) is 9.27. The maximum Gasteiger partial charge on any atom is 0.230 e. The van der Waals surface area contributed by atoms with Crippen LogP contribution in [0.25, 0.3) is 11.1 Å². The predicted molar refractivity (Wildman–Crippen MR) is 130 cm³/mol. The van der Waals surface area contributed by atoms with E-state index in [9.17, 15) is 9.59 Å². The summed E-state index contributed by atoms with van der Waals surface area (Å²) in [6.07, 6.45) is 5.31. The van der Waals surface area contributed by atoms with Gasteiger partial charge in [-0.15, -0.1) is 0 Å². The summed E-state index contributed by atoms with van der Waals surface area (Å²) < 4.78 is 5.44. The van der Waals surface area contributed by atoms with Crippen LogP contribution in [-0.4, -0.2) is 54.5 Å². The third kappa shape index (κ3) is 6.24. The van der Waals surface area contributed by atoms with Crippen molar-refractivity contribution in [2.75, 3.05) is 43.5 Å². The zero-order chi connectivity index (χ0) is 23.2. The molecule has 2 aliphatic rings. The average Bonchev–Trinajstić information content (AvgIpc) is 2.85. The van der Waals surface area contributed by atoms with Crippen molar-refractivity contribution >= 4 is 34.9 Å². The van der Waals surface area contributed by atoms with Gasteiger partial charge in [0, 0.05) is 57.2 Å². The van der Waals surface area contributed by atoms with Gasteiger partial charge >= 0.3 is 0 Å². The van der Waals surface area contributed by atoms with Gasteiger partial charge in [-0.1, -0.05) is 23.7 Å². The number of benzene rings is 1. The van der Waals surface area contributed by atoms with Crippen LogP contribution in [0.5, 0.6) is 0 Å². The zero-order valence-corrected chi connectivity index (χ0v) is 19.7. The van der Waals surface area contributed by atoms with Crippen molar-refractivity contribution in [3.63, 3.8) is 0 Å². The molecule has 1 atom stereocenters. The quantitative estimate of drug-likeness (QED) is 0.652. The van der Waals surface area contributed by atoms with Gasteiger partial charge in [0.05, 0.1) is 10.9 Å². The van der Waals surface area contributed by atoms with Gasteiger partial charge in [-0.05, 0) is 55.4 Å². The highest BCUT2D eigenvalue weighted by Gasteiger charge is 2.27. The van der Waals surface area contributed by atoms with Crippen LogP contribution < -0.4 is 10.6 Å². The number of anilines is 2. The lowest BCUT2D eigenvalue weighted by molar-refractivity contribution is -0.132. The minimum atomic E-state index is -0.235. The fourth-order valence-corrected chi connectivity index (χ4v) is 4.66. The van der Waals surface area contributed by atoms with E-state index < -0.39 is 0 Å². The SMILES string of the molecule is CC(=O)N1CCCC(C(=O)Nc2cc(-c3cccc(NCC4CCOCC4)c3)c(Cl)cn2)C1. The van der Waals surface area contributed by atoms with Gasteiger partial charge in [-0.25, -0.2) is 4.98 Å². The largest absolute Gasteiger partial charge is 0.385 e. The second kappa shape index (κ2) is 11.0. The molecule has 8 heteroatoms. The van der Waals surface area contributed by atoms with E-state index in [-0.39, 0.29) is 17.7 Å². The third-order valence-corrected chi connectivity index (χ3v) is 6.75. The molecule has 1 unspecified atom stereocenters. The number of nitrogens with one attached hydrogen (secondary N) is 2. The molecular weight excluding hydrogens is 440 g/mol. The van der Waals surface area contributed by atoms with E-state index in [0.717, 1.165) is 62.3 Å². The van der Waals surface area contributed by atoms with Crippen LogP contribution >= 0.6 is 11.6 Å². The molecule has 2 aromatic rings. The highest BCUT2D eigenvalue weighted by Crippen LogP contribution is 2.31. The highest BCUT2D eigenvalue weighted by atomic mass is 35.5. The normalized spacial score (nSPS) is 19.2. The highest BCUT2D eigenvalue weighted by molar-refractivity contribution is 6.33. The molecule has 4 rings (SSSR count). The van der Waals surface area contributed by atoms with Crippen molar-refractivity contribution in [2.45, 2.75) is 32.6 Å². The lowest BCUT2D eigenvalue weighted by Crippen LogP contribution is -2.42. The van der Waals surface area contributed by atoms with E-state index in [1.807, 2.05) is 24.3 Å². The second-order valence-electron chi connectivity index (χ2n) is 8.86. The Balaban J connectivity index is 1.43. The third-order valence-electron chi connectivity index (χ3n) is 6.45. The fraction of sp³-hybridized carbons (Fsp3) is 0.480. The maximum absolute atomic E-state index is 12.8. The summed E-state index contributed by atoms with van der Waals surface area (Å²) in [7, 11) is 0. The Kier molecular flexibility index (Phi) is 7.83. The molecule has 0 saturated carbocycles. The summed E-state index contributed by atoms with van der Waals surface area (Å²) >= 11 is 6.47. The van der Waals surface area contributed by atoms with Gasteiger partial charge in [-0.2, -0.15) is 0 Å². The summed E-state index contributed by atoms with van der Waals surface area (Å²) in [6, 6.07) is 9.92. The maximum atomic E-state index is 12.8. The number of hydrogen-bond donors (Lipinski definition) is 2. The summed E-state index contributed by atoms with van der Waals surface area (Å²) in [6.45, 7) is 5.28. The first-order chi connectivity index (χ1) is 16.0. The number of likely N-dealkylation sites (tertiary alicyclic amines) is 1. The van der Waals surface area contributed by atoms with E-state index >= 15 is 0 Å². The number of hydrogen-bond acceptors (Lipinski definition) is 5. The van der Waals surface area contributed by atoms with Crippen LogP contribution in [0.4, 0.5) is 11.5 Å². The van der Waals surface area contributed by atoms with Gasteiger partial charge in [-0.3, -0.25) is 9.59 Å². The standard InChI is InChI=1S/C25H31ClN4O3/c1-17(31)30-9-3-5-20(16-30)25(32)29-24-13-22(23(26)15-28-24)19-4-2-6-21(12-19)27-14-18-7-10-33-11-8-18/h2,4,6,12-13,15,18,20,27H,3,5,7-11,14,16H2,1H3,(H,28,29,32). The van der Waals surface area contributed by atoms with Gasteiger partial charge in [0.2, 0.25) is 11.8 Å². The number of piperidine rings is 1.